The van der Waals surface area contributed by atoms with E-state index < -0.39 is 102 Å². The maximum Gasteiger partial charge on any atom is 0.294 e. The summed E-state index contributed by atoms with van der Waals surface area (Å²) < 4.78 is 238. The monoisotopic (exact) mass is 1990 g/mol. The fraction of sp³-hybridized carbons (Fsp3) is 0.258. The van der Waals surface area contributed by atoms with Crippen molar-refractivity contribution in [3.63, 3.8) is 0 Å². The molecule has 8 atom stereocenters. The molecule has 11 heteroatoms. The van der Waals surface area contributed by atoms with Gasteiger partial charge in [-0.15, -0.1) is 108 Å². The summed E-state index contributed by atoms with van der Waals surface area (Å²) in [5, 5.41) is 0. The normalized spacial score (nSPS) is 19.3. The van der Waals surface area contributed by atoms with Gasteiger partial charge in [0.15, 0.2) is 0 Å². The van der Waals surface area contributed by atoms with Crippen LogP contribution in [0.2, 0.25) is 0 Å². The van der Waals surface area contributed by atoms with Gasteiger partial charge < -0.3 is 13.7 Å². The molecular weight excluding hydrogens is 1850 g/mol. The van der Waals surface area contributed by atoms with Crippen molar-refractivity contribution in [3.05, 3.63) is 336 Å². The van der Waals surface area contributed by atoms with Crippen molar-refractivity contribution in [2.45, 2.75) is 164 Å². The van der Waals surface area contributed by atoms with Crippen LogP contribution < -0.4 is 4.57 Å². The first-order valence-electron chi connectivity index (χ1n) is 48.8. The van der Waals surface area contributed by atoms with Crippen LogP contribution in [0.5, 0.6) is 0 Å². The first-order valence-corrected chi connectivity index (χ1v) is 34.8. The second kappa shape index (κ2) is 37.9. The molecule has 0 saturated carbocycles. The molecular formula is C97H102Ir3N8-2. The molecule has 0 bridgehead atoms. The van der Waals surface area contributed by atoms with Gasteiger partial charge in [0.2, 0.25) is 0 Å². The second-order valence-corrected chi connectivity index (χ2v) is 26.0. The fourth-order valence-electron chi connectivity index (χ4n) is 13.4. The average molecular weight is 1980 g/mol. The molecule has 1 aliphatic rings. The molecule has 0 fully saturated rings. The van der Waals surface area contributed by atoms with Gasteiger partial charge in [0.05, 0.1) is 23.0 Å². The standard InChI is InChI=1S/C28H29N2.C27H27N2.2C21H23N2.3Ir/c1-19(2)25-16-23(21-10-6-5-7-11-21)17-26(20(3)4)27(25)30-15-14-29-18-22-12-8-9-13-24(22)28(29)30;1-19(2)24-17-23(21-11-7-5-8-12-21)18-25(20(3)4)26(24)29-16-15-28-27(29)22-13-9-6-10-14-22;2*1-15(2)18-11-8-12-19(16(3)4)20(18)23-14-13-22-21(23)17-9-6-5-7-10-17;;;/h5-17,19-20H,18H2,1-4H3;5-13,15-20H,1-4H3;2*5-9,11-16H,1-4H3;;;/q+1;3*-1;;;/i1D3,3D3,19D,20D;1D3,3D3;1D3,3D3,15D,16D;1D3,3D3;;;. The van der Waals surface area contributed by atoms with Crippen molar-refractivity contribution in [3.8, 4) is 90.6 Å². The number of hydrogen-bond acceptors (Lipinski definition) is 3. The Bertz CT molecular complexity index is 6220. The van der Waals surface area contributed by atoms with Crippen LogP contribution in [0.1, 0.15) is 246 Å². The summed E-state index contributed by atoms with van der Waals surface area (Å²) in [6.45, 7) is -7.46. The van der Waals surface area contributed by atoms with Gasteiger partial charge in [-0.2, -0.15) is 4.57 Å². The van der Waals surface area contributed by atoms with E-state index in [0.717, 1.165) is 44.8 Å². The van der Waals surface area contributed by atoms with Crippen LogP contribution in [0, 0.1) is 18.2 Å². The van der Waals surface area contributed by atoms with Gasteiger partial charge in [-0.25, -0.2) is 4.57 Å². The van der Waals surface area contributed by atoms with Crippen molar-refractivity contribution in [2.24, 2.45) is 0 Å². The van der Waals surface area contributed by atoms with E-state index in [1.165, 1.54) is 52.1 Å². The first kappa shape index (κ1) is 52.2. The van der Waals surface area contributed by atoms with Gasteiger partial charge in [-0.3, -0.25) is 15.0 Å². The number of aromatic nitrogens is 8. The molecule has 15 rings (SSSR count). The molecule has 0 spiro atoms. The summed E-state index contributed by atoms with van der Waals surface area (Å²) in [5.41, 5.74) is 11.2. The van der Waals surface area contributed by atoms with E-state index in [-0.39, 0.29) is 93.9 Å². The van der Waals surface area contributed by atoms with E-state index in [9.17, 15) is 0 Å². The van der Waals surface area contributed by atoms with E-state index in [0.29, 0.717) is 68.8 Å². The molecule has 8 nitrogen and oxygen atoms in total. The Labute approximate surface area is 723 Å². The number of hydrogen-bond donors (Lipinski definition) is 0. The summed E-state index contributed by atoms with van der Waals surface area (Å²) in [6.07, 6.45) is 13.4. The molecule has 1 aliphatic heterocycles. The molecule has 0 aliphatic carbocycles. The SMILES string of the molecule is [2H]C([2H])([2H])C(C)c1cc(-c2ccccc2)cc(C(C)C([2H])([2H])[2H])c1-n1ccnc1-c1[c-]cccc1.[2H]C([2H])([2H])C(C)c1cccc(C(C)C([2H])([2H])[2H])c1-n1ccnc1-c1[c-]cccc1.[2H]C([2H])([2H])C([2H])(C)c1cc(-c2ccccc2)cc(C([2H])(C)C([2H])([2H])[2H])c1-n1cc[n+]2c1-c1ccccc1C2.[2H]C([2H])([2H])C([2H])(C)c1cccc(C([2H])(C)C([2H])([2H])[2H])c1-n1ccnc1-c1[c-]cccc1.[Ir].[Ir].[Ir]. The minimum Gasteiger partial charge on any atom is -0.340 e. The summed E-state index contributed by atoms with van der Waals surface area (Å²) in [7, 11) is 0. The zero-order chi connectivity index (χ0) is 97.7. The van der Waals surface area contributed by atoms with Gasteiger partial charge in [-0.05, 0) is 133 Å². The topological polar surface area (TPSA) is 62.3 Å². The maximum absolute atomic E-state index is 9.14. The number of rotatable bonds is 17. The number of imidazole rings is 4. The Morgan fingerprint density at radius 3 is 1.08 bits per heavy atom. The minimum atomic E-state index is -2.73. The molecule has 4 aromatic heterocycles. The Balaban J connectivity index is 0.000000203. The maximum atomic E-state index is 9.14. The zero-order valence-electron chi connectivity index (χ0n) is 89.0. The molecule has 10 aromatic carbocycles. The van der Waals surface area contributed by atoms with Crippen LogP contribution in [-0.2, 0) is 66.9 Å². The zero-order valence-corrected chi connectivity index (χ0v) is 68.2. The van der Waals surface area contributed by atoms with E-state index >= 15 is 0 Å². The molecule has 108 heavy (non-hydrogen) atoms. The van der Waals surface area contributed by atoms with Crippen LogP contribution in [0.3, 0.4) is 0 Å². The smallest absolute Gasteiger partial charge is 0.294 e. The first-order chi connectivity index (χ1) is 61.8. The Morgan fingerprint density at radius 2 is 0.685 bits per heavy atom. The molecule has 0 N–H and O–H groups in total. The van der Waals surface area contributed by atoms with Crippen molar-refractivity contribution >= 4 is 0 Å². The predicted octanol–water partition coefficient (Wildman–Crippen LogP) is 25.1. The van der Waals surface area contributed by atoms with E-state index in [1.807, 2.05) is 144 Å². The Morgan fingerprint density at radius 1 is 0.343 bits per heavy atom. The second-order valence-electron chi connectivity index (χ2n) is 26.0. The molecule has 3 radical (unpaired) electrons. The van der Waals surface area contributed by atoms with Crippen molar-refractivity contribution < 1.29 is 103 Å². The number of fused-ring (bicyclic) bond motifs is 3. The van der Waals surface area contributed by atoms with Crippen LogP contribution in [0.25, 0.3) is 90.6 Å². The van der Waals surface area contributed by atoms with E-state index in [4.69, 9.17) is 38.4 Å². The van der Waals surface area contributed by atoms with Crippen LogP contribution in [0.15, 0.2) is 268 Å². The third kappa shape index (κ3) is 18.3. The van der Waals surface area contributed by atoms with Crippen LogP contribution in [-0.4, -0.2) is 33.2 Å². The molecule has 8 unspecified atom stereocenters. The summed E-state index contributed by atoms with van der Waals surface area (Å²) in [5.74, 6) is -9.30. The third-order valence-corrected chi connectivity index (χ3v) is 18.3. The number of para-hydroxylation sites is 2. The van der Waals surface area contributed by atoms with Crippen molar-refractivity contribution in [2.75, 3.05) is 0 Å². The van der Waals surface area contributed by atoms with Crippen molar-refractivity contribution in [1.82, 2.24) is 33.2 Å². The van der Waals surface area contributed by atoms with Gasteiger partial charge in [-0.1, -0.05) is 225 Å². The average Bonchev–Trinajstić information content (AvgIpc) is 1.48. The summed E-state index contributed by atoms with van der Waals surface area (Å²) >= 11 is 0. The number of benzene rings is 10. The van der Waals surface area contributed by atoms with Gasteiger partial charge >= 0.3 is 0 Å². The van der Waals surface area contributed by atoms with Gasteiger partial charge in [0.1, 0.15) is 24.6 Å². The predicted molar refractivity (Wildman–Crippen MR) is 438 cm³/mol. The van der Waals surface area contributed by atoms with Crippen molar-refractivity contribution in [1.29, 1.82) is 0 Å². The number of nitrogens with zero attached hydrogens (tertiary/aromatic N) is 8. The molecule has 0 amide bonds. The molecule has 14 aromatic rings. The van der Waals surface area contributed by atoms with Crippen LogP contribution >= 0.6 is 0 Å². The van der Waals surface area contributed by atoms with E-state index in [1.54, 1.807) is 150 Å². The summed E-state index contributed by atoms with van der Waals surface area (Å²) in [6, 6.07) is 74.6. The Hall–Kier alpha value is -9.01. The van der Waals surface area contributed by atoms with Gasteiger partial charge in [0, 0.05) is 170 Å². The molecule has 0 saturated heterocycles. The minimum absolute atomic E-state index is 0. The fourth-order valence-corrected chi connectivity index (χ4v) is 13.4. The molecule has 5 heterocycles. The summed E-state index contributed by atoms with van der Waals surface area (Å²) in [4.78, 5) is 13.3. The van der Waals surface area contributed by atoms with Gasteiger partial charge in [0.25, 0.3) is 5.82 Å². The Kier molecular flexibility index (Phi) is 18.3. The third-order valence-electron chi connectivity index (χ3n) is 18.3. The quantitative estimate of drug-likeness (QED) is 0.0674. The largest absolute Gasteiger partial charge is 0.340 e. The molecule has 559 valence electrons. The van der Waals surface area contributed by atoms with Crippen LogP contribution in [0.4, 0.5) is 0 Å². The van der Waals surface area contributed by atoms with E-state index in [2.05, 4.69) is 33.2 Å².